The fourth-order valence-electron chi connectivity index (χ4n) is 1.99. The van der Waals surface area contributed by atoms with Gasteiger partial charge < -0.3 is 10.5 Å². The Kier molecular flexibility index (Phi) is 4.35. The van der Waals surface area contributed by atoms with Gasteiger partial charge in [-0.15, -0.1) is 0 Å². The van der Waals surface area contributed by atoms with Crippen LogP contribution in [0.25, 0.3) is 0 Å². The molecule has 1 atom stereocenters. The first kappa shape index (κ1) is 14.5. The number of aryl methyl sites for hydroxylation is 1. The first-order chi connectivity index (χ1) is 9.45. The molecule has 0 aromatic heterocycles. The van der Waals surface area contributed by atoms with Crippen LogP contribution >= 0.6 is 0 Å². The van der Waals surface area contributed by atoms with Crippen LogP contribution in [-0.2, 0) is 6.42 Å². The third-order valence-corrected chi connectivity index (χ3v) is 2.87. The van der Waals surface area contributed by atoms with Crippen molar-refractivity contribution in [2.24, 2.45) is 5.73 Å². The summed E-state index contributed by atoms with van der Waals surface area (Å²) in [4.78, 5) is 0. The van der Waals surface area contributed by atoms with Gasteiger partial charge in [0.2, 0.25) is 0 Å². The molecule has 2 rings (SSSR count). The molecule has 0 fully saturated rings. The molecular weight excluding hydrogens is 260 g/mol. The van der Waals surface area contributed by atoms with E-state index in [9.17, 15) is 8.78 Å². The highest BCUT2D eigenvalue weighted by Gasteiger charge is 2.11. The van der Waals surface area contributed by atoms with E-state index < -0.39 is 11.6 Å². The molecule has 0 bridgehead atoms. The molecule has 0 heterocycles. The Bertz CT molecular complexity index is 611. The summed E-state index contributed by atoms with van der Waals surface area (Å²) in [6.07, 6.45) is 0.625. The molecule has 0 aliphatic carbocycles. The van der Waals surface area contributed by atoms with E-state index in [0.29, 0.717) is 12.2 Å². The number of ether oxygens (including phenoxy) is 1. The molecule has 0 saturated heterocycles. The summed E-state index contributed by atoms with van der Waals surface area (Å²) >= 11 is 0. The number of hydrogen-bond donors (Lipinski definition) is 1. The summed E-state index contributed by atoms with van der Waals surface area (Å²) in [5.74, 6) is -0.813. The van der Waals surface area contributed by atoms with E-state index >= 15 is 0 Å². The fourth-order valence-corrected chi connectivity index (χ4v) is 1.99. The Labute approximate surface area is 117 Å². The van der Waals surface area contributed by atoms with E-state index in [2.05, 4.69) is 0 Å². The summed E-state index contributed by atoms with van der Waals surface area (Å²) in [6.45, 7) is 3.86. The summed E-state index contributed by atoms with van der Waals surface area (Å²) < 4.78 is 32.1. The highest BCUT2D eigenvalue weighted by Crippen LogP contribution is 2.29. The van der Waals surface area contributed by atoms with Crippen molar-refractivity contribution in [1.82, 2.24) is 0 Å². The van der Waals surface area contributed by atoms with Crippen molar-refractivity contribution in [3.05, 3.63) is 59.2 Å². The zero-order valence-corrected chi connectivity index (χ0v) is 11.5. The van der Waals surface area contributed by atoms with Gasteiger partial charge >= 0.3 is 0 Å². The van der Waals surface area contributed by atoms with E-state index in [0.717, 1.165) is 23.3 Å². The van der Waals surface area contributed by atoms with Gasteiger partial charge in [0.05, 0.1) is 0 Å². The second-order valence-electron chi connectivity index (χ2n) is 4.97. The Balaban J connectivity index is 2.32. The predicted molar refractivity (Wildman–Crippen MR) is 75.0 cm³/mol. The van der Waals surface area contributed by atoms with Crippen LogP contribution < -0.4 is 10.5 Å². The quantitative estimate of drug-likeness (QED) is 0.918. The highest BCUT2D eigenvalue weighted by atomic mass is 19.1. The van der Waals surface area contributed by atoms with Crippen LogP contribution in [0.5, 0.6) is 11.5 Å². The van der Waals surface area contributed by atoms with Gasteiger partial charge in [-0.2, -0.15) is 0 Å². The lowest BCUT2D eigenvalue weighted by molar-refractivity contribution is 0.432. The van der Waals surface area contributed by atoms with Crippen molar-refractivity contribution in [3.8, 4) is 11.5 Å². The summed E-state index contributed by atoms with van der Waals surface area (Å²) in [5, 5.41) is 0. The van der Waals surface area contributed by atoms with Gasteiger partial charge in [-0.1, -0.05) is 17.7 Å². The maximum Gasteiger partial charge on any atom is 0.168 e. The number of rotatable bonds is 4. The van der Waals surface area contributed by atoms with Crippen molar-refractivity contribution in [2.45, 2.75) is 26.3 Å². The molecule has 106 valence electrons. The van der Waals surface area contributed by atoms with Gasteiger partial charge in [0.1, 0.15) is 11.6 Å². The van der Waals surface area contributed by atoms with E-state index in [1.807, 2.05) is 26.0 Å². The molecule has 4 heteroatoms. The molecule has 0 saturated carbocycles. The van der Waals surface area contributed by atoms with Crippen molar-refractivity contribution in [1.29, 1.82) is 0 Å². The van der Waals surface area contributed by atoms with Crippen LogP contribution in [0.2, 0.25) is 0 Å². The number of hydrogen-bond acceptors (Lipinski definition) is 2. The molecule has 20 heavy (non-hydrogen) atoms. The maximum atomic E-state index is 13.6. The average molecular weight is 277 g/mol. The van der Waals surface area contributed by atoms with Crippen LogP contribution in [0.1, 0.15) is 18.1 Å². The predicted octanol–water partition coefficient (Wildman–Crippen LogP) is 3.96. The van der Waals surface area contributed by atoms with Gasteiger partial charge in [0.15, 0.2) is 11.6 Å². The molecule has 2 aromatic carbocycles. The van der Waals surface area contributed by atoms with E-state index in [1.165, 1.54) is 6.07 Å². The Hall–Kier alpha value is -1.94. The average Bonchev–Trinajstić information content (AvgIpc) is 2.34. The van der Waals surface area contributed by atoms with Crippen LogP contribution in [-0.4, -0.2) is 6.04 Å². The molecule has 2 nitrogen and oxygen atoms in total. The van der Waals surface area contributed by atoms with E-state index in [-0.39, 0.29) is 11.8 Å². The lowest BCUT2D eigenvalue weighted by atomic mass is 10.0. The van der Waals surface area contributed by atoms with E-state index in [4.69, 9.17) is 10.5 Å². The van der Waals surface area contributed by atoms with Gasteiger partial charge in [0.25, 0.3) is 0 Å². The minimum absolute atomic E-state index is 0.00109. The smallest absolute Gasteiger partial charge is 0.168 e. The highest BCUT2D eigenvalue weighted by molar-refractivity contribution is 5.41. The molecule has 0 radical (unpaired) electrons. The van der Waals surface area contributed by atoms with Crippen LogP contribution in [0.4, 0.5) is 8.78 Å². The molecule has 2 N–H and O–H groups in total. The summed E-state index contributed by atoms with van der Waals surface area (Å²) in [6, 6.07) is 8.82. The molecule has 0 aliphatic heterocycles. The van der Waals surface area contributed by atoms with Crippen molar-refractivity contribution < 1.29 is 13.5 Å². The van der Waals surface area contributed by atoms with Gasteiger partial charge in [-0.05, 0) is 44.0 Å². The summed E-state index contributed by atoms with van der Waals surface area (Å²) in [7, 11) is 0. The van der Waals surface area contributed by atoms with Gasteiger partial charge in [-0.3, -0.25) is 0 Å². The Morgan fingerprint density at radius 2 is 1.80 bits per heavy atom. The molecule has 0 spiro atoms. The zero-order valence-electron chi connectivity index (χ0n) is 11.5. The first-order valence-electron chi connectivity index (χ1n) is 6.43. The maximum absolute atomic E-state index is 13.6. The van der Waals surface area contributed by atoms with Crippen LogP contribution in [0.15, 0.2) is 36.4 Å². The third-order valence-electron chi connectivity index (χ3n) is 2.87. The molecule has 0 aliphatic rings. The first-order valence-corrected chi connectivity index (χ1v) is 6.43. The largest absolute Gasteiger partial charge is 0.454 e. The van der Waals surface area contributed by atoms with Crippen LogP contribution in [0.3, 0.4) is 0 Å². The number of benzene rings is 2. The van der Waals surface area contributed by atoms with E-state index in [1.54, 1.807) is 6.07 Å². The minimum atomic E-state index is -0.725. The Morgan fingerprint density at radius 3 is 2.45 bits per heavy atom. The third kappa shape index (κ3) is 3.54. The Morgan fingerprint density at radius 1 is 1.10 bits per heavy atom. The standard InChI is InChI=1S/C16H17F2NO/c1-10-3-5-15(12(7-10)8-11(2)19)20-16-6-4-13(17)9-14(16)18/h3-7,9,11H,8,19H2,1-2H3. The number of halogens is 2. The SMILES string of the molecule is Cc1ccc(Oc2ccc(F)cc2F)c(CC(C)N)c1. The second-order valence-corrected chi connectivity index (χ2v) is 4.97. The molecular formula is C16H17F2NO. The van der Waals surface area contributed by atoms with Crippen LogP contribution in [0, 0.1) is 18.6 Å². The molecule has 2 aromatic rings. The van der Waals surface area contributed by atoms with Crippen molar-refractivity contribution in [2.75, 3.05) is 0 Å². The number of nitrogens with two attached hydrogens (primary N) is 1. The minimum Gasteiger partial charge on any atom is -0.454 e. The summed E-state index contributed by atoms with van der Waals surface area (Å²) in [5.41, 5.74) is 7.79. The zero-order chi connectivity index (χ0) is 14.7. The molecule has 1 unspecified atom stereocenters. The lowest BCUT2D eigenvalue weighted by Crippen LogP contribution is -2.18. The molecule has 0 amide bonds. The second kappa shape index (κ2) is 6.01. The van der Waals surface area contributed by atoms with Gasteiger partial charge in [0, 0.05) is 12.1 Å². The topological polar surface area (TPSA) is 35.2 Å². The fraction of sp³-hybridized carbons (Fsp3) is 0.250. The normalized spacial score (nSPS) is 12.2. The monoisotopic (exact) mass is 277 g/mol. The van der Waals surface area contributed by atoms with Crippen molar-refractivity contribution in [3.63, 3.8) is 0 Å². The lowest BCUT2D eigenvalue weighted by Gasteiger charge is -2.14. The van der Waals surface area contributed by atoms with Gasteiger partial charge in [-0.25, -0.2) is 8.78 Å². The van der Waals surface area contributed by atoms with Crippen molar-refractivity contribution >= 4 is 0 Å².